The highest BCUT2D eigenvalue weighted by Gasteiger charge is 2.40. The second-order valence-corrected chi connectivity index (χ2v) is 21.9. The molecule has 2 amide bonds. The molecule has 2 aromatic heterocycles. The Kier molecular flexibility index (Phi) is 17.3. The van der Waals surface area contributed by atoms with Gasteiger partial charge in [-0.2, -0.15) is 9.97 Å². The lowest BCUT2D eigenvalue weighted by atomic mass is 9.85. The van der Waals surface area contributed by atoms with E-state index in [1.807, 2.05) is 45.0 Å². The first kappa shape index (κ1) is 57.4. The Morgan fingerprint density at radius 1 is 0.890 bits per heavy atom. The number of aryl methyl sites for hydroxylation is 1. The maximum absolute atomic E-state index is 16.5. The minimum Gasteiger partial charge on any atom is -0.505 e. The summed E-state index contributed by atoms with van der Waals surface area (Å²) < 4.78 is 72.6. The molecule has 20 heteroatoms. The van der Waals surface area contributed by atoms with Crippen LogP contribution in [0.4, 0.5) is 23.4 Å². The number of phenols is 1. The number of amides is 2. The van der Waals surface area contributed by atoms with Crippen molar-refractivity contribution >= 4 is 34.7 Å². The van der Waals surface area contributed by atoms with Gasteiger partial charge in [-0.1, -0.05) is 74.5 Å². The van der Waals surface area contributed by atoms with Gasteiger partial charge in [0.05, 0.1) is 30.5 Å². The van der Waals surface area contributed by atoms with E-state index in [1.165, 1.54) is 46.1 Å². The molecule has 82 heavy (non-hydrogen) atoms. The van der Waals surface area contributed by atoms with Gasteiger partial charge in [0.2, 0.25) is 11.8 Å². The largest absolute Gasteiger partial charge is 0.505 e. The van der Waals surface area contributed by atoms with Crippen molar-refractivity contribution in [3.63, 3.8) is 0 Å². The standard InChI is InChI=1S/C62H68F4N10O6/c1-6-42-30-74(27-25-68-42)59-45-28-44(37-14-15-37)54(58(78)56(45)70-62(71-59)82-33-35(4)81-5)52-41(29-67)20-22-46(63)43(52)21-11-36-9-12-38(13-10-36)49-31-76(73-72-49)57(34(2)3)61(80)75-26-7-8-51(75)60(79)69-50(32-77)39-16-18-40(19-17-39)53-47(64)23-24-48(65)55(53)66/h9-10,12-13,16-20,22-24,28-29,31,34-35,37,42,50-51,57,67-68,77-78H,6-8,11,14-15,21,25-27,30,32-33H2,1-5H3,(H,69,79)/t35-,42?,50?,51?,57?/m0/s1. The number of aliphatic hydroxyl groups is 1. The number of hydrogen-bond donors (Lipinski definition) is 5. The monoisotopic (exact) mass is 1120 g/mol. The normalized spacial score (nSPS) is 17.5. The number of fused-ring (bicyclic) bond motifs is 1. The molecule has 3 fully saturated rings. The third kappa shape index (κ3) is 11.8. The number of anilines is 1. The first-order valence-corrected chi connectivity index (χ1v) is 28.1. The lowest BCUT2D eigenvalue weighted by molar-refractivity contribution is -0.142. The minimum absolute atomic E-state index is 0.0763. The van der Waals surface area contributed by atoms with Crippen molar-refractivity contribution in [2.75, 3.05) is 51.4 Å². The van der Waals surface area contributed by atoms with E-state index in [0.717, 1.165) is 48.6 Å². The van der Waals surface area contributed by atoms with Crippen LogP contribution in [-0.2, 0) is 27.2 Å². The van der Waals surface area contributed by atoms with Crippen LogP contribution in [0.25, 0.3) is 44.4 Å². The molecule has 0 bridgehead atoms. The van der Waals surface area contributed by atoms with E-state index in [2.05, 4.69) is 38.8 Å². The lowest BCUT2D eigenvalue weighted by Crippen LogP contribution is -2.50. The maximum atomic E-state index is 16.5. The van der Waals surface area contributed by atoms with Gasteiger partial charge in [0.15, 0.2) is 11.6 Å². The van der Waals surface area contributed by atoms with Crippen molar-refractivity contribution < 1.29 is 46.8 Å². The van der Waals surface area contributed by atoms with Crippen LogP contribution < -0.4 is 20.3 Å². The number of piperazine rings is 1. The zero-order valence-electron chi connectivity index (χ0n) is 46.6. The van der Waals surface area contributed by atoms with Gasteiger partial charge in [0, 0.05) is 73.2 Å². The number of nitrogens with one attached hydrogen (secondary N) is 3. The van der Waals surface area contributed by atoms with Crippen LogP contribution in [-0.4, -0.2) is 123 Å². The lowest BCUT2D eigenvalue weighted by Gasteiger charge is -2.35. The maximum Gasteiger partial charge on any atom is 0.319 e. The molecule has 0 spiro atoms. The molecular weight excluding hydrogens is 1060 g/mol. The van der Waals surface area contributed by atoms with E-state index in [1.54, 1.807) is 19.4 Å². The summed E-state index contributed by atoms with van der Waals surface area (Å²) >= 11 is 0. The van der Waals surface area contributed by atoms with Crippen LogP contribution in [0.15, 0.2) is 85.1 Å². The summed E-state index contributed by atoms with van der Waals surface area (Å²) in [7, 11) is 1.60. The molecule has 7 aromatic rings. The van der Waals surface area contributed by atoms with Crippen LogP contribution in [0.2, 0.25) is 0 Å². The van der Waals surface area contributed by atoms with Crippen LogP contribution in [0.1, 0.15) is 106 Å². The molecule has 4 unspecified atom stereocenters. The van der Waals surface area contributed by atoms with E-state index in [9.17, 15) is 33.0 Å². The topological polar surface area (TPSA) is 204 Å². The number of ether oxygens (including phenoxy) is 2. The molecule has 3 aliphatic rings. The third-order valence-corrected chi connectivity index (χ3v) is 16.1. The molecule has 2 saturated heterocycles. The Morgan fingerprint density at radius 2 is 1.62 bits per heavy atom. The Morgan fingerprint density at radius 3 is 2.32 bits per heavy atom. The van der Waals surface area contributed by atoms with E-state index in [-0.39, 0.29) is 65.8 Å². The van der Waals surface area contributed by atoms with Crippen LogP contribution in [0, 0.1) is 34.6 Å². The number of nitrogens with zero attached hydrogens (tertiary/aromatic N) is 7. The Hall–Kier alpha value is -7.81. The number of halogens is 4. The summed E-state index contributed by atoms with van der Waals surface area (Å²) in [5.41, 5.74) is 4.95. The number of rotatable bonds is 21. The molecule has 4 heterocycles. The van der Waals surface area contributed by atoms with Crippen molar-refractivity contribution in [3.8, 4) is 45.3 Å². The molecule has 2 aliphatic heterocycles. The summed E-state index contributed by atoms with van der Waals surface area (Å²) in [6.45, 7) is 9.90. The van der Waals surface area contributed by atoms with E-state index in [4.69, 9.17) is 24.9 Å². The van der Waals surface area contributed by atoms with Crippen LogP contribution in [0.3, 0.4) is 0 Å². The first-order valence-electron chi connectivity index (χ1n) is 28.1. The molecule has 16 nitrogen and oxygen atoms in total. The number of aliphatic hydroxyl groups excluding tert-OH is 1. The Bertz CT molecular complexity index is 3490. The highest BCUT2D eigenvalue weighted by atomic mass is 19.2. The summed E-state index contributed by atoms with van der Waals surface area (Å²) in [6.07, 6.45) is 6.93. The average Bonchev–Trinajstić information content (AvgIpc) is 4.04. The predicted octanol–water partition coefficient (Wildman–Crippen LogP) is 9.78. The number of phenolic OH excluding ortho intramolecular Hbond substituents is 1. The van der Waals surface area contributed by atoms with Gasteiger partial charge in [-0.05, 0) is 122 Å². The number of benzene rings is 5. The highest BCUT2D eigenvalue weighted by Crippen LogP contribution is 2.52. The molecule has 10 rings (SSSR count). The fourth-order valence-corrected chi connectivity index (χ4v) is 11.4. The fourth-order valence-electron chi connectivity index (χ4n) is 11.4. The number of carbonyl (C=O) groups is 2. The fraction of sp³-hybridized carbons (Fsp3) is 0.403. The summed E-state index contributed by atoms with van der Waals surface area (Å²) in [6, 6.07) is 17.6. The Balaban J connectivity index is 0.864. The second-order valence-electron chi connectivity index (χ2n) is 21.9. The number of carbonyl (C=O) groups excluding carboxylic acids is 2. The quantitative estimate of drug-likeness (QED) is 0.0259. The number of aromatic nitrogens is 5. The molecule has 1 saturated carbocycles. The van der Waals surface area contributed by atoms with Gasteiger partial charge < -0.3 is 45.5 Å². The van der Waals surface area contributed by atoms with E-state index < -0.39 is 59.5 Å². The van der Waals surface area contributed by atoms with Crippen LogP contribution in [0.5, 0.6) is 11.8 Å². The molecule has 430 valence electrons. The van der Waals surface area contributed by atoms with Crippen molar-refractivity contribution in [1.29, 1.82) is 5.41 Å². The number of likely N-dealkylation sites (tertiary alicyclic amines) is 1. The minimum atomic E-state index is -1.33. The Labute approximate surface area is 473 Å². The molecule has 5 atom stereocenters. The van der Waals surface area contributed by atoms with Crippen molar-refractivity contribution in [3.05, 3.63) is 136 Å². The number of hydrogen-bond acceptors (Lipinski definition) is 13. The zero-order chi connectivity index (χ0) is 57.9. The van der Waals surface area contributed by atoms with E-state index >= 15 is 4.39 Å². The smallest absolute Gasteiger partial charge is 0.319 e. The van der Waals surface area contributed by atoms with Gasteiger partial charge in [-0.15, -0.1) is 5.10 Å². The van der Waals surface area contributed by atoms with E-state index in [0.29, 0.717) is 89.7 Å². The third-order valence-electron chi connectivity index (χ3n) is 16.1. The average molecular weight is 1130 g/mol. The van der Waals surface area contributed by atoms with Crippen molar-refractivity contribution in [2.45, 2.75) is 109 Å². The first-order chi connectivity index (χ1) is 39.6. The van der Waals surface area contributed by atoms with Crippen LogP contribution >= 0.6 is 0 Å². The van der Waals surface area contributed by atoms with Gasteiger partial charge in [-0.3, -0.25) is 9.59 Å². The van der Waals surface area contributed by atoms with Gasteiger partial charge >= 0.3 is 6.01 Å². The SMILES string of the molecule is CCC1CN(c2nc(OC[C@H](C)OC)nc3c(O)c(-c4c(C=N)ccc(F)c4CCc4ccc(-c5cn(C(C(=O)N6CCCC6C(=O)NC(CO)c6ccc(-c7c(F)ccc(F)c7F)cc6)C(C)C)nn5)cc4)c(C4CC4)cc23)CCN1. The number of methoxy groups -OCH3 is 1. The summed E-state index contributed by atoms with van der Waals surface area (Å²) in [4.78, 5) is 41.8. The predicted molar refractivity (Wildman–Crippen MR) is 304 cm³/mol. The molecular formula is C62H68F4N10O6. The molecule has 1 aliphatic carbocycles. The molecule has 5 N–H and O–H groups in total. The highest BCUT2D eigenvalue weighted by molar-refractivity contribution is 6.03. The van der Waals surface area contributed by atoms with Crippen molar-refractivity contribution in [2.24, 2.45) is 5.92 Å². The van der Waals surface area contributed by atoms with Gasteiger partial charge in [0.25, 0.3) is 0 Å². The molecule has 5 aromatic carbocycles. The summed E-state index contributed by atoms with van der Waals surface area (Å²) in [5, 5.41) is 47.4. The van der Waals surface area contributed by atoms with Gasteiger partial charge in [0.1, 0.15) is 53.1 Å². The summed E-state index contributed by atoms with van der Waals surface area (Å²) in [5.74, 6) is -4.36. The number of aromatic hydroxyl groups is 1. The molecule has 0 radical (unpaired) electrons. The second kappa shape index (κ2) is 24.7. The van der Waals surface area contributed by atoms with Gasteiger partial charge in [-0.25, -0.2) is 22.2 Å². The zero-order valence-corrected chi connectivity index (χ0v) is 46.6. The van der Waals surface area contributed by atoms with Crippen molar-refractivity contribution in [1.82, 2.24) is 40.5 Å².